The Balaban J connectivity index is 1.97. The van der Waals surface area contributed by atoms with Crippen LogP contribution in [0.2, 0.25) is 0 Å². The van der Waals surface area contributed by atoms with E-state index in [2.05, 4.69) is 15.7 Å². The summed E-state index contributed by atoms with van der Waals surface area (Å²) in [5.41, 5.74) is 1.77. The number of aliphatic hydroxyl groups is 2. The predicted molar refractivity (Wildman–Crippen MR) is 91.2 cm³/mol. The second-order valence-electron chi connectivity index (χ2n) is 5.72. The smallest absolute Gasteiger partial charge is 0.315 e. The summed E-state index contributed by atoms with van der Waals surface area (Å²) >= 11 is 0. The van der Waals surface area contributed by atoms with Crippen molar-refractivity contribution in [3.63, 3.8) is 0 Å². The van der Waals surface area contributed by atoms with Gasteiger partial charge in [-0.15, -0.1) is 0 Å². The highest BCUT2D eigenvalue weighted by atomic mass is 16.3. The third-order valence-electron chi connectivity index (χ3n) is 3.78. The molecule has 0 bridgehead atoms. The Bertz CT molecular complexity index is 698. The standard InChI is InChI=1S/C17H22N4O4/c1-11(19-17(25)20-16(12(2)23)15(24)10-22)13-4-6-14(7-5-13)21-9-3-8-18-21/h3-9,11-12,16,22-23H,10H2,1-2H3,(H2,19,20,25)/t11-,12-,16-/m1/s1. The van der Waals surface area contributed by atoms with Crippen LogP contribution in [-0.2, 0) is 4.79 Å². The van der Waals surface area contributed by atoms with Gasteiger partial charge in [0.1, 0.15) is 12.6 Å². The Morgan fingerprint density at radius 2 is 1.88 bits per heavy atom. The summed E-state index contributed by atoms with van der Waals surface area (Å²) in [5.74, 6) is -0.652. The second-order valence-corrected chi connectivity index (χ2v) is 5.72. The van der Waals surface area contributed by atoms with Crippen LogP contribution in [0.3, 0.4) is 0 Å². The normalized spacial score (nSPS) is 14.4. The number of carbonyl (C=O) groups is 2. The number of aliphatic hydroxyl groups excluding tert-OH is 2. The van der Waals surface area contributed by atoms with Crippen LogP contribution in [0, 0.1) is 0 Å². The van der Waals surface area contributed by atoms with Gasteiger partial charge in [-0.2, -0.15) is 5.10 Å². The highest BCUT2D eigenvalue weighted by Gasteiger charge is 2.25. The molecule has 4 N–H and O–H groups in total. The molecular weight excluding hydrogens is 324 g/mol. The van der Waals surface area contributed by atoms with Gasteiger partial charge in [-0.1, -0.05) is 12.1 Å². The van der Waals surface area contributed by atoms with Gasteiger partial charge in [-0.25, -0.2) is 9.48 Å². The molecule has 3 atom stereocenters. The number of Topliss-reactive ketones (excluding diaryl/α,β-unsaturated/α-hetero) is 1. The van der Waals surface area contributed by atoms with E-state index in [-0.39, 0.29) is 6.04 Å². The third-order valence-corrected chi connectivity index (χ3v) is 3.78. The van der Waals surface area contributed by atoms with Crippen molar-refractivity contribution in [2.75, 3.05) is 6.61 Å². The second kappa shape index (κ2) is 8.41. The Hall–Kier alpha value is -2.71. The summed E-state index contributed by atoms with van der Waals surface area (Å²) in [6.07, 6.45) is 2.42. The fourth-order valence-electron chi connectivity index (χ4n) is 2.37. The van der Waals surface area contributed by atoms with Gasteiger partial charge in [-0.05, 0) is 37.6 Å². The van der Waals surface area contributed by atoms with Crippen LogP contribution in [-0.4, -0.2) is 50.6 Å². The summed E-state index contributed by atoms with van der Waals surface area (Å²) < 4.78 is 1.72. The van der Waals surface area contributed by atoms with Crippen LogP contribution < -0.4 is 10.6 Å². The number of benzene rings is 1. The van der Waals surface area contributed by atoms with E-state index in [0.717, 1.165) is 11.3 Å². The van der Waals surface area contributed by atoms with Crippen molar-refractivity contribution in [1.29, 1.82) is 0 Å². The fraction of sp³-hybridized carbons (Fsp3) is 0.353. The number of nitrogens with zero attached hydrogens (tertiary/aromatic N) is 2. The number of aromatic nitrogens is 2. The Morgan fingerprint density at radius 3 is 2.40 bits per heavy atom. The third kappa shape index (κ3) is 4.88. The first kappa shape index (κ1) is 18.6. The maximum absolute atomic E-state index is 12.0. The van der Waals surface area contributed by atoms with Gasteiger partial charge in [0.2, 0.25) is 0 Å². The molecular formula is C17H22N4O4. The monoisotopic (exact) mass is 346 g/mol. The minimum Gasteiger partial charge on any atom is -0.391 e. The van der Waals surface area contributed by atoms with Gasteiger partial charge in [0.25, 0.3) is 0 Å². The molecule has 134 valence electrons. The Labute approximate surface area is 145 Å². The summed E-state index contributed by atoms with van der Waals surface area (Å²) in [6.45, 7) is 2.42. The van der Waals surface area contributed by atoms with Gasteiger partial charge in [0.15, 0.2) is 5.78 Å². The van der Waals surface area contributed by atoms with Gasteiger partial charge >= 0.3 is 6.03 Å². The van der Waals surface area contributed by atoms with Crippen LogP contribution in [0.25, 0.3) is 5.69 Å². The van der Waals surface area contributed by atoms with Gasteiger partial charge in [0, 0.05) is 12.4 Å². The van der Waals surface area contributed by atoms with Crippen LogP contribution in [0.15, 0.2) is 42.7 Å². The zero-order valence-corrected chi connectivity index (χ0v) is 14.1. The maximum Gasteiger partial charge on any atom is 0.315 e. The van der Waals surface area contributed by atoms with Gasteiger partial charge in [-0.3, -0.25) is 4.79 Å². The highest BCUT2D eigenvalue weighted by Crippen LogP contribution is 2.15. The average Bonchev–Trinajstić information content (AvgIpc) is 3.13. The zero-order valence-electron chi connectivity index (χ0n) is 14.1. The first-order valence-corrected chi connectivity index (χ1v) is 7.91. The number of hydrogen-bond acceptors (Lipinski definition) is 5. The van der Waals surface area contributed by atoms with Crippen molar-refractivity contribution in [2.24, 2.45) is 0 Å². The van der Waals surface area contributed by atoms with E-state index in [0.29, 0.717) is 0 Å². The molecule has 0 saturated heterocycles. The number of rotatable bonds is 7. The minimum atomic E-state index is -1.15. The molecule has 0 fully saturated rings. The molecule has 0 aliphatic carbocycles. The van der Waals surface area contributed by atoms with Crippen molar-refractivity contribution in [3.05, 3.63) is 48.3 Å². The highest BCUT2D eigenvalue weighted by molar-refractivity contribution is 5.89. The number of nitrogens with one attached hydrogen (secondary N) is 2. The molecule has 2 aromatic rings. The summed E-state index contributed by atoms with van der Waals surface area (Å²) in [7, 11) is 0. The van der Waals surface area contributed by atoms with E-state index < -0.39 is 30.6 Å². The van der Waals surface area contributed by atoms with E-state index in [1.807, 2.05) is 36.5 Å². The Morgan fingerprint density at radius 1 is 1.20 bits per heavy atom. The first-order chi connectivity index (χ1) is 11.9. The van der Waals surface area contributed by atoms with E-state index in [4.69, 9.17) is 5.11 Å². The van der Waals surface area contributed by atoms with E-state index >= 15 is 0 Å². The van der Waals surface area contributed by atoms with Gasteiger partial charge < -0.3 is 20.8 Å². The predicted octanol–water partition coefficient (Wildman–Crippen LogP) is 0.543. The quantitative estimate of drug-likeness (QED) is 0.584. The molecule has 1 heterocycles. The maximum atomic E-state index is 12.0. The molecule has 0 radical (unpaired) electrons. The van der Waals surface area contributed by atoms with Gasteiger partial charge in [0.05, 0.1) is 17.8 Å². The zero-order chi connectivity index (χ0) is 18.4. The molecule has 0 spiro atoms. The van der Waals surface area contributed by atoms with Crippen LogP contribution >= 0.6 is 0 Å². The lowest BCUT2D eigenvalue weighted by Crippen LogP contribution is -2.52. The van der Waals surface area contributed by atoms with E-state index in [1.54, 1.807) is 17.8 Å². The number of amides is 2. The molecule has 1 aromatic heterocycles. The van der Waals surface area contributed by atoms with E-state index in [9.17, 15) is 14.7 Å². The number of carbonyl (C=O) groups excluding carboxylic acids is 2. The largest absolute Gasteiger partial charge is 0.391 e. The van der Waals surface area contributed by atoms with E-state index in [1.165, 1.54) is 6.92 Å². The Kier molecular flexibility index (Phi) is 6.26. The lowest BCUT2D eigenvalue weighted by Gasteiger charge is -2.22. The first-order valence-electron chi connectivity index (χ1n) is 7.91. The van der Waals surface area contributed by atoms with Crippen molar-refractivity contribution in [1.82, 2.24) is 20.4 Å². The molecule has 2 amide bonds. The minimum absolute atomic E-state index is 0.314. The molecule has 25 heavy (non-hydrogen) atoms. The van der Waals surface area contributed by atoms with Crippen LogP contribution in [0.4, 0.5) is 4.79 Å². The lowest BCUT2D eigenvalue weighted by atomic mass is 10.1. The molecule has 8 nitrogen and oxygen atoms in total. The molecule has 8 heteroatoms. The number of hydrogen-bond donors (Lipinski definition) is 4. The van der Waals surface area contributed by atoms with Crippen molar-refractivity contribution in [3.8, 4) is 5.69 Å². The lowest BCUT2D eigenvalue weighted by molar-refractivity contribution is -0.125. The molecule has 1 aromatic carbocycles. The average molecular weight is 346 g/mol. The molecule has 0 unspecified atom stereocenters. The molecule has 0 aliphatic rings. The van der Waals surface area contributed by atoms with Crippen LogP contribution in [0.5, 0.6) is 0 Å². The van der Waals surface area contributed by atoms with Crippen molar-refractivity contribution in [2.45, 2.75) is 32.0 Å². The number of urea groups is 1. The van der Waals surface area contributed by atoms with Crippen molar-refractivity contribution < 1.29 is 19.8 Å². The molecule has 2 rings (SSSR count). The topological polar surface area (TPSA) is 116 Å². The molecule has 0 aliphatic heterocycles. The summed E-state index contributed by atoms with van der Waals surface area (Å²) in [5, 5.41) is 27.7. The summed E-state index contributed by atoms with van der Waals surface area (Å²) in [6, 6.07) is 7.26. The van der Waals surface area contributed by atoms with Crippen molar-refractivity contribution >= 4 is 11.8 Å². The molecule has 0 saturated carbocycles. The van der Waals surface area contributed by atoms with Crippen LogP contribution in [0.1, 0.15) is 25.5 Å². The fourth-order valence-corrected chi connectivity index (χ4v) is 2.37. The SMILES string of the molecule is C[C@@H](NC(=O)N[C@@H](C(=O)CO)[C@@H](C)O)c1ccc(-n2cccn2)cc1. The summed E-state index contributed by atoms with van der Waals surface area (Å²) in [4.78, 5) is 23.6. The number of ketones is 1.